The zero-order valence-electron chi connectivity index (χ0n) is 10.3. The lowest BCUT2D eigenvalue weighted by molar-refractivity contribution is 0.0420. The van der Waals surface area contributed by atoms with Crippen molar-refractivity contribution in [3.05, 3.63) is 23.2 Å². The summed E-state index contributed by atoms with van der Waals surface area (Å²) in [5.41, 5.74) is 6.48. The molecule has 5 nitrogen and oxygen atoms in total. The van der Waals surface area contributed by atoms with Gasteiger partial charge in [0.25, 0.3) is 5.91 Å². The Morgan fingerprint density at radius 2 is 2.37 bits per heavy atom. The summed E-state index contributed by atoms with van der Waals surface area (Å²) >= 11 is 1.31. The van der Waals surface area contributed by atoms with Crippen LogP contribution in [0.5, 0.6) is 0 Å². The van der Waals surface area contributed by atoms with Gasteiger partial charge in [0.05, 0.1) is 11.8 Å². The molecule has 1 amide bonds. The number of hydrogen-bond donors (Lipinski definition) is 3. The molecule has 0 unspecified atom stereocenters. The molecule has 0 spiro atoms. The van der Waals surface area contributed by atoms with E-state index in [9.17, 15) is 9.90 Å². The number of fused-ring (bicyclic) bond motifs is 1. The van der Waals surface area contributed by atoms with Crippen molar-refractivity contribution in [2.75, 3.05) is 12.3 Å². The van der Waals surface area contributed by atoms with E-state index in [4.69, 9.17) is 5.73 Å². The Morgan fingerprint density at radius 1 is 1.58 bits per heavy atom. The van der Waals surface area contributed by atoms with Gasteiger partial charge < -0.3 is 16.2 Å². The second-order valence-corrected chi connectivity index (χ2v) is 5.90. The SMILES string of the molecule is Nc1c(C(=O)NCC2CC(O)C2)sc2ncccc12. The number of aliphatic hydroxyl groups is 1. The molecule has 0 radical (unpaired) electrons. The molecule has 0 saturated heterocycles. The normalized spacial score (nSPS) is 22.2. The van der Waals surface area contributed by atoms with Crippen molar-refractivity contribution in [2.45, 2.75) is 18.9 Å². The third-order valence-electron chi connectivity index (χ3n) is 3.47. The number of amides is 1. The van der Waals surface area contributed by atoms with E-state index >= 15 is 0 Å². The molecule has 4 N–H and O–H groups in total. The number of carbonyl (C=O) groups is 1. The first-order valence-corrected chi connectivity index (χ1v) is 7.06. The average Bonchev–Trinajstić information content (AvgIpc) is 2.71. The minimum absolute atomic E-state index is 0.151. The van der Waals surface area contributed by atoms with Crippen LogP contribution in [0.15, 0.2) is 18.3 Å². The van der Waals surface area contributed by atoms with Gasteiger partial charge in [0.2, 0.25) is 0 Å². The van der Waals surface area contributed by atoms with E-state index < -0.39 is 0 Å². The molecular formula is C13H15N3O2S. The lowest BCUT2D eigenvalue weighted by Crippen LogP contribution is -2.38. The Kier molecular flexibility index (Phi) is 3.12. The first-order valence-electron chi connectivity index (χ1n) is 6.24. The van der Waals surface area contributed by atoms with Crippen LogP contribution in [0, 0.1) is 5.92 Å². The van der Waals surface area contributed by atoms with Crippen molar-refractivity contribution in [3.63, 3.8) is 0 Å². The van der Waals surface area contributed by atoms with Gasteiger partial charge in [-0.05, 0) is 30.9 Å². The second kappa shape index (κ2) is 4.79. The topological polar surface area (TPSA) is 88.2 Å². The standard InChI is InChI=1S/C13H15N3O2S/c14-10-9-2-1-3-15-13(9)19-11(10)12(18)16-6-7-4-8(17)5-7/h1-3,7-8,17H,4-6,14H2,(H,16,18). The van der Waals surface area contributed by atoms with Crippen molar-refractivity contribution in [3.8, 4) is 0 Å². The molecule has 6 heteroatoms. The molecule has 1 aliphatic rings. The Balaban J connectivity index is 1.72. The van der Waals surface area contributed by atoms with E-state index in [0.29, 0.717) is 23.0 Å². The first kappa shape index (κ1) is 12.4. The molecule has 0 aromatic carbocycles. The van der Waals surface area contributed by atoms with Gasteiger partial charge in [-0.2, -0.15) is 0 Å². The predicted molar refractivity (Wildman–Crippen MR) is 75.1 cm³/mol. The summed E-state index contributed by atoms with van der Waals surface area (Å²) in [7, 11) is 0. The van der Waals surface area contributed by atoms with Crippen LogP contribution in [0.2, 0.25) is 0 Å². The maximum atomic E-state index is 12.1. The molecule has 0 aliphatic heterocycles. The van der Waals surface area contributed by atoms with Crippen LogP contribution in [0.4, 0.5) is 5.69 Å². The average molecular weight is 277 g/mol. The second-order valence-electron chi connectivity index (χ2n) is 4.90. The number of aliphatic hydroxyl groups excluding tert-OH is 1. The highest BCUT2D eigenvalue weighted by Gasteiger charge is 2.27. The van der Waals surface area contributed by atoms with Gasteiger partial charge in [-0.15, -0.1) is 11.3 Å². The zero-order valence-corrected chi connectivity index (χ0v) is 11.1. The zero-order chi connectivity index (χ0) is 13.4. The van der Waals surface area contributed by atoms with Gasteiger partial charge in [-0.3, -0.25) is 4.79 Å². The summed E-state index contributed by atoms with van der Waals surface area (Å²) in [6, 6.07) is 3.68. The minimum Gasteiger partial charge on any atom is -0.397 e. The molecule has 2 aromatic heterocycles. The highest BCUT2D eigenvalue weighted by Crippen LogP contribution is 2.32. The molecule has 0 atom stereocenters. The lowest BCUT2D eigenvalue weighted by atomic mass is 9.82. The lowest BCUT2D eigenvalue weighted by Gasteiger charge is -2.31. The number of thiophene rings is 1. The van der Waals surface area contributed by atoms with Crippen LogP contribution >= 0.6 is 11.3 Å². The van der Waals surface area contributed by atoms with E-state index in [-0.39, 0.29) is 12.0 Å². The van der Waals surface area contributed by atoms with Crippen LogP contribution in [0.1, 0.15) is 22.5 Å². The minimum atomic E-state index is -0.194. The van der Waals surface area contributed by atoms with Crippen molar-refractivity contribution >= 4 is 33.1 Å². The molecular weight excluding hydrogens is 262 g/mol. The van der Waals surface area contributed by atoms with Gasteiger partial charge >= 0.3 is 0 Å². The maximum Gasteiger partial charge on any atom is 0.263 e. The molecule has 1 fully saturated rings. The summed E-state index contributed by atoms with van der Waals surface area (Å²) in [5, 5.41) is 12.9. The summed E-state index contributed by atoms with van der Waals surface area (Å²) < 4.78 is 0. The molecule has 1 aliphatic carbocycles. The van der Waals surface area contributed by atoms with Crippen LogP contribution in [0.25, 0.3) is 10.2 Å². The van der Waals surface area contributed by atoms with Gasteiger partial charge in [0.15, 0.2) is 0 Å². The van der Waals surface area contributed by atoms with Crippen LogP contribution < -0.4 is 11.1 Å². The monoisotopic (exact) mass is 277 g/mol. The first-order chi connectivity index (χ1) is 9.15. The fraction of sp³-hybridized carbons (Fsp3) is 0.385. The van der Waals surface area contributed by atoms with Crippen molar-refractivity contribution in [1.29, 1.82) is 0 Å². The number of aromatic nitrogens is 1. The van der Waals surface area contributed by atoms with Gasteiger partial charge in [-0.25, -0.2) is 4.98 Å². The van der Waals surface area contributed by atoms with Gasteiger partial charge in [-0.1, -0.05) is 0 Å². The molecule has 100 valence electrons. The Morgan fingerprint density at radius 3 is 3.05 bits per heavy atom. The summed E-state index contributed by atoms with van der Waals surface area (Å²) in [6.45, 7) is 0.594. The van der Waals surface area contributed by atoms with E-state index in [1.54, 1.807) is 6.20 Å². The van der Waals surface area contributed by atoms with Crippen molar-refractivity contribution in [2.24, 2.45) is 5.92 Å². The number of pyridine rings is 1. The fourth-order valence-corrected chi connectivity index (χ4v) is 3.28. The number of nitrogens with zero attached hydrogens (tertiary/aromatic N) is 1. The van der Waals surface area contributed by atoms with E-state index in [1.165, 1.54) is 11.3 Å². The number of rotatable bonds is 3. The predicted octanol–water partition coefficient (Wildman–Crippen LogP) is 1.38. The number of nitrogen functional groups attached to an aromatic ring is 1. The van der Waals surface area contributed by atoms with Crippen LogP contribution in [-0.2, 0) is 0 Å². The quantitative estimate of drug-likeness (QED) is 0.791. The number of anilines is 1. The van der Waals surface area contributed by atoms with E-state index in [2.05, 4.69) is 10.3 Å². The maximum absolute atomic E-state index is 12.1. The molecule has 1 saturated carbocycles. The summed E-state index contributed by atoms with van der Waals surface area (Å²) in [5.74, 6) is 0.231. The third kappa shape index (κ3) is 2.29. The number of carbonyl (C=O) groups excluding carboxylic acids is 1. The van der Waals surface area contributed by atoms with Crippen molar-refractivity contribution < 1.29 is 9.90 Å². The Labute approximate surface area is 114 Å². The molecule has 2 aromatic rings. The molecule has 3 rings (SSSR count). The number of hydrogen-bond acceptors (Lipinski definition) is 5. The fourth-order valence-electron chi connectivity index (χ4n) is 2.30. The van der Waals surface area contributed by atoms with Crippen LogP contribution in [-0.4, -0.2) is 28.6 Å². The number of nitrogens with two attached hydrogens (primary N) is 1. The highest BCUT2D eigenvalue weighted by atomic mass is 32.1. The van der Waals surface area contributed by atoms with Crippen LogP contribution in [0.3, 0.4) is 0 Å². The smallest absolute Gasteiger partial charge is 0.263 e. The van der Waals surface area contributed by atoms with Crippen molar-refractivity contribution in [1.82, 2.24) is 10.3 Å². The van der Waals surface area contributed by atoms with E-state index in [1.807, 2.05) is 12.1 Å². The third-order valence-corrected chi connectivity index (χ3v) is 4.60. The molecule has 19 heavy (non-hydrogen) atoms. The largest absolute Gasteiger partial charge is 0.397 e. The highest BCUT2D eigenvalue weighted by molar-refractivity contribution is 7.21. The molecule has 0 bridgehead atoms. The summed E-state index contributed by atoms with van der Waals surface area (Å²) in [4.78, 5) is 17.6. The van der Waals surface area contributed by atoms with E-state index in [0.717, 1.165) is 23.1 Å². The van der Waals surface area contributed by atoms with Gasteiger partial charge in [0.1, 0.15) is 9.71 Å². The Hall–Kier alpha value is -1.66. The number of nitrogens with one attached hydrogen (secondary N) is 1. The van der Waals surface area contributed by atoms with Gasteiger partial charge in [0, 0.05) is 18.1 Å². The molecule has 2 heterocycles. The Bertz CT molecular complexity index is 619. The summed E-state index contributed by atoms with van der Waals surface area (Å²) in [6.07, 6.45) is 3.03.